The van der Waals surface area contributed by atoms with E-state index in [2.05, 4.69) is 16.8 Å². The molecule has 2 aromatic carbocycles. The Morgan fingerprint density at radius 2 is 1.69 bits per heavy atom. The van der Waals surface area contributed by atoms with Crippen molar-refractivity contribution in [3.05, 3.63) is 72.3 Å². The molecule has 0 saturated heterocycles. The molecule has 0 bridgehead atoms. The summed E-state index contributed by atoms with van der Waals surface area (Å²) in [7, 11) is 0. The Bertz CT molecular complexity index is 1060. The highest BCUT2D eigenvalue weighted by atomic mass is 16.5. The van der Waals surface area contributed by atoms with E-state index in [-0.39, 0.29) is 19.8 Å². The molecule has 3 atom stereocenters. The van der Waals surface area contributed by atoms with Gasteiger partial charge in [-0.1, -0.05) is 36.1 Å². The Labute approximate surface area is 187 Å². The highest BCUT2D eigenvalue weighted by Crippen LogP contribution is 2.23. The average Bonchev–Trinajstić information content (AvgIpc) is 3.29. The summed E-state index contributed by atoms with van der Waals surface area (Å²) in [6.45, 7) is 2.57. The number of benzene rings is 2. The number of nitrogens with zero attached hydrogens (tertiary/aromatic N) is 2. The molecule has 0 spiro atoms. The topological polar surface area (TPSA) is 108 Å². The molecule has 3 aromatic rings. The van der Waals surface area contributed by atoms with Gasteiger partial charge in [0.25, 0.3) is 0 Å². The van der Waals surface area contributed by atoms with Crippen molar-refractivity contribution < 1.29 is 25.2 Å². The molecule has 1 aromatic heterocycles. The van der Waals surface area contributed by atoms with Crippen molar-refractivity contribution in [2.75, 3.05) is 19.8 Å². The van der Waals surface area contributed by atoms with Crippen molar-refractivity contribution in [2.24, 2.45) is 0 Å². The van der Waals surface area contributed by atoms with Crippen LogP contribution in [-0.4, -0.2) is 55.4 Å². The molecule has 168 valence electrons. The van der Waals surface area contributed by atoms with Crippen LogP contribution in [0.1, 0.15) is 37.4 Å². The maximum absolute atomic E-state index is 9.81. The number of aromatic nitrogens is 2. The van der Waals surface area contributed by atoms with E-state index in [1.807, 2.05) is 48.5 Å². The molecule has 0 saturated carbocycles. The lowest BCUT2D eigenvalue weighted by molar-refractivity contribution is -0.0324. The second-order valence-corrected chi connectivity index (χ2v) is 7.88. The molecule has 7 nitrogen and oxygen atoms in total. The van der Waals surface area contributed by atoms with Crippen molar-refractivity contribution in [2.45, 2.75) is 31.6 Å². The van der Waals surface area contributed by atoms with Gasteiger partial charge in [0.05, 0.1) is 13.2 Å². The lowest BCUT2D eigenvalue weighted by atomic mass is 10.0. The molecule has 0 amide bonds. The van der Waals surface area contributed by atoms with E-state index in [4.69, 9.17) is 9.84 Å². The average molecular weight is 437 g/mol. The first-order valence-electron chi connectivity index (χ1n) is 10.3. The summed E-state index contributed by atoms with van der Waals surface area (Å²) < 4.78 is 7.20. The fourth-order valence-corrected chi connectivity index (χ4v) is 3.06. The van der Waals surface area contributed by atoms with E-state index in [0.29, 0.717) is 11.6 Å². The SMILES string of the molecule is CC(O)c1nccn1C(C#Cc1ccc(-c2ccc(OCC(C)(O)CO)cc2)cc1)CO. The van der Waals surface area contributed by atoms with E-state index in [9.17, 15) is 15.3 Å². The smallest absolute Gasteiger partial charge is 0.138 e. The molecule has 0 fully saturated rings. The minimum atomic E-state index is -1.28. The highest BCUT2D eigenvalue weighted by molar-refractivity contribution is 5.65. The van der Waals surface area contributed by atoms with Crippen LogP contribution in [0, 0.1) is 11.8 Å². The monoisotopic (exact) mass is 436 g/mol. The van der Waals surface area contributed by atoms with Crippen LogP contribution in [-0.2, 0) is 0 Å². The Hall–Kier alpha value is -3.15. The molecule has 0 radical (unpaired) electrons. The van der Waals surface area contributed by atoms with Crippen molar-refractivity contribution in [3.8, 4) is 28.7 Å². The van der Waals surface area contributed by atoms with Gasteiger partial charge >= 0.3 is 0 Å². The number of rotatable bonds is 8. The van der Waals surface area contributed by atoms with E-state index < -0.39 is 17.7 Å². The maximum Gasteiger partial charge on any atom is 0.138 e. The maximum atomic E-state index is 9.81. The van der Waals surface area contributed by atoms with Gasteiger partial charge in [-0.2, -0.15) is 0 Å². The fourth-order valence-electron chi connectivity index (χ4n) is 3.06. The van der Waals surface area contributed by atoms with Crippen LogP contribution in [0.4, 0.5) is 0 Å². The summed E-state index contributed by atoms with van der Waals surface area (Å²) in [4.78, 5) is 4.12. The predicted octanol–water partition coefficient (Wildman–Crippen LogP) is 2.31. The Balaban J connectivity index is 1.68. The van der Waals surface area contributed by atoms with Gasteiger partial charge < -0.3 is 29.7 Å². The lowest BCUT2D eigenvalue weighted by Crippen LogP contribution is -2.36. The second-order valence-electron chi connectivity index (χ2n) is 7.88. The van der Waals surface area contributed by atoms with Crippen molar-refractivity contribution >= 4 is 0 Å². The molecule has 0 aliphatic rings. The molecule has 1 heterocycles. The number of ether oxygens (including phenoxy) is 1. The fraction of sp³-hybridized carbons (Fsp3) is 0.320. The first-order valence-corrected chi connectivity index (χ1v) is 10.3. The van der Waals surface area contributed by atoms with Gasteiger partial charge in [0.15, 0.2) is 0 Å². The quantitative estimate of drug-likeness (QED) is 0.404. The molecule has 0 aliphatic carbocycles. The zero-order valence-electron chi connectivity index (χ0n) is 18.1. The standard InChI is InChI=1S/C25H28N2O5/c1-18(30)24-26-13-14-27(24)22(15-28)10-5-19-3-6-20(7-4-19)21-8-11-23(12-9-21)32-17-25(2,31)16-29/h3-4,6-9,11-14,18,22,28-31H,15-17H2,1-2H3. The van der Waals surface area contributed by atoms with Gasteiger partial charge in [-0.3, -0.25) is 0 Å². The van der Waals surface area contributed by atoms with Crippen LogP contribution in [0.25, 0.3) is 11.1 Å². The molecular weight excluding hydrogens is 408 g/mol. The van der Waals surface area contributed by atoms with E-state index in [1.54, 1.807) is 23.9 Å². The summed E-state index contributed by atoms with van der Waals surface area (Å²) in [6.07, 6.45) is 2.52. The largest absolute Gasteiger partial charge is 0.491 e. The zero-order chi connectivity index (χ0) is 23.1. The first kappa shape index (κ1) is 23.5. The minimum Gasteiger partial charge on any atom is -0.491 e. The van der Waals surface area contributed by atoms with E-state index in [1.165, 1.54) is 6.92 Å². The molecule has 4 N–H and O–H groups in total. The lowest BCUT2D eigenvalue weighted by Gasteiger charge is -2.20. The van der Waals surface area contributed by atoms with E-state index >= 15 is 0 Å². The minimum absolute atomic E-state index is 0.00281. The molecule has 7 heteroatoms. The molecule has 3 rings (SSSR count). The summed E-state index contributed by atoms with van der Waals surface area (Å²) in [6, 6.07) is 14.7. The number of aliphatic hydroxyl groups excluding tert-OH is 3. The van der Waals surface area contributed by atoms with Crippen molar-refractivity contribution in [1.29, 1.82) is 0 Å². The van der Waals surface area contributed by atoms with Crippen LogP contribution in [0.3, 0.4) is 0 Å². The summed E-state index contributed by atoms with van der Waals surface area (Å²) >= 11 is 0. The van der Waals surface area contributed by atoms with Crippen molar-refractivity contribution in [1.82, 2.24) is 9.55 Å². The normalized spacial score (nSPS) is 14.7. The zero-order valence-corrected chi connectivity index (χ0v) is 18.1. The van der Waals surface area contributed by atoms with Crippen LogP contribution in [0.2, 0.25) is 0 Å². The van der Waals surface area contributed by atoms with E-state index in [0.717, 1.165) is 16.7 Å². The summed E-state index contributed by atoms with van der Waals surface area (Å²) in [5.41, 5.74) is 1.53. The molecule has 32 heavy (non-hydrogen) atoms. The Morgan fingerprint density at radius 3 is 2.25 bits per heavy atom. The van der Waals surface area contributed by atoms with Gasteiger partial charge in [-0.05, 0) is 49.2 Å². The third-order valence-corrected chi connectivity index (χ3v) is 4.93. The molecule has 3 unspecified atom stereocenters. The van der Waals surface area contributed by atoms with Gasteiger partial charge in [0.1, 0.15) is 35.9 Å². The van der Waals surface area contributed by atoms with Gasteiger partial charge in [-0.25, -0.2) is 4.98 Å². The van der Waals surface area contributed by atoms with Crippen LogP contribution in [0.15, 0.2) is 60.9 Å². The van der Waals surface area contributed by atoms with Crippen molar-refractivity contribution in [3.63, 3.8) is 0 Å². The number of hydrogen-bond donors (Lipinski definition) is 4. The summed E-state index contributed by atoms with van der Waals surface area (Å²) in [5.74, 6) is 7.17. The predicted molar refractivity (Wildman–Crippen MR) is 121 cm³/mol. The molecule has 0 aliphatic heterocycles. The number of hydrogen-bond acceptors (Lipinski definition) is 6. The summed E-state index contributed by atoms with van der Waals surface area (Å²) in [5, 5.41) is 38.4. The van der Waals surface area contributed by atoms with Crippen LogP contribution in [0.5, 0.6) is 5.75 Å². The highest BCUT2D eigenvalue weighted by Gasteiger charge is 2.19. The van der Waals surface area contributed by atoms with Crippen LogP contribution < -0.4 is 4.74 Å². The third kappa shape index (κ3) is 5.96. The second kappa shape index (κ2) is 10.4. The van der Waals surface area contributed by atoms with Gasteiger partial charge in [-0.15, -0.1) is 0 Å². The Morgan fingerprint density at radius 1 is 1.06 bits per heavy atom. The third-order valence-electron chi connectivity index (χ3n) is 4.93. The first-order chi connectivity index (χ1) is 15.3. The van der Waals surface area contributed by atoms with Gasteiger partial charge in [0, 0.05) is 18.0 Å². The number of imidazole rings is 1. The Kier molecular flexibility index (Phi) is 7.67. The van der Waals surface area contributed by atoms with Crippen LogP contribution >= 0.6 is 0 Å². The molecular formula is C25H28N2O5. The number of aliphatic hydroxyl groups is 4. The van der Waals surface area contributed by atoms with Gasteiger partial charge in [0.2, 0.25) is 0 Å².